The average Bonchev–Trinajstić information content (AvgIpc) is 2.33. The molecule has 0 saturated heterocycles. The summed E-state index contributed by atoms with van der Waals surface area (Å²) in [5, 5.41) is 9.01. The third-order valence-electron chi connectivity index (χ3n) is 1.31. The standard InChI is InChI=1S/C7H5NOS/c9-5-1-2-7-6(3-5)8-4-10-7/h1-4,9H. The summed E-state index contributed by atoms with van der Waals surface area (Å²) in [6, 6.07) is 5.19. The van der Waals surface area contributed by atoms with Crippen LogP contribution >= 0.6 is 11.3 Å². The Morgan fingerprint density at radius 3 is 3.20 bits per heavy atom. The molecule has 2 aromatic rings. The molecule has 1 aromatic carbocycles. The number of phenols is 1. The molecular weight excluding hydrogens is 146 g/mol. The molecule has 0 amide bonds. The molecule has 3 heteroatoms. The molecule has 1 heterocycles. The van der Waals surface area contributed by atoms with Gasteiger partial charge < -0.3 is 5.11 Å². The Hall–Kier alpha value is -1.09. The molecule has 2 nitrogen and oxygen atoms in total. The first-order chi connectivity index (χ1) is 4.86. The largest absolute Gasteiger partial charge is 0.508 e. The van der Waals surface area contributed by atoms with Crippen molar-refractivity contribution in [1.29, 1.82) is 0 Å². The van der Waals surface area contributed by atoms with Gasteiger partial charge in [-0.3, -0.25) is 0 Å². The van der Waals surface area contributed by atoms with E-state index in [0.29, 0.717) is 0 Å². The molecule has 1 aromatic heterocycles. The van der Waals surface area contributed by atoms with Crippen molar-refractivity contribution >= 4 is 21.6 Å². The van der Waals surface area contributed by atoms with Crippen LogP contribution in [0.15, 0.2) is 23.7 Å². The number of nitrogens with zero attached hydrogens (tertiary/aromatic N) is 1. The van der Waals surface area contributed by atoms with Crippen LogP contribution in [0.3, 0.4) is 0 Å². The summed E-state index contributed by atoms with van der Waals surface area (Å²) in [5.74, 6) is 0.276. The van der Waals surface area contributed by atoms with E-state index < -0.39 is 0 Å². The van der Waals surface area contributed by atoms with Crippen LogP contribution in [-0.4, -0.2) is 10.1 Å². The highest BCUT2D eigenvalue weighted by Gasteiger charge is 1.95. The van der Waals surface area contributed by atoms with Gasteiger partial charge in [0.2, 0.25) is 0 Å². The SMILES string of the molecule is Oc1ccc2scnc2c1. The van der Waals surface area contributed by atoms with Crippen LogP contribution in [0.1, 0.15) is 0 Å². The molecule has 0 aliphatic carbocycles. The lowest BCUT2D eigenvalue weighted by molar-refractivity contribution is 0.476. The maximum Gasteiger partial charge on any atom is 0.117 e. The topological polar surface area (TPSA) is 33.1 Å². The van der Waals surface area contributed by atoms with Gasteiger partial charge in [-0.05, 0) is 12.1 Å². The maximum atomic E-state index is 9.01. The number of fused-ring (bicyclic) bond motifs is 1. The number of aromatic nitrogens is 1. The van der Waals surface area contributed by atoms with E-state index in [2.05, 4.69) is 4.98 Å². The minimum absolute atomic E-state index is 0.276. The van der Waals surface area contributed by atoms with E-state index in [1.807, 2.05) is 6.07 Å². The second-order valence-electron chi connectivity index (χ2n) is 2.00. The Balaban J connectivity index is 2.86. The number of benzene rings is 1. The summed E-state index contributed by atoms with van der Waals surface area (Å²) in [5.41, 5.74) is 2.63. The minimum atomic E-state index is 0.276. The van der Waals surface area contributed by atoms with Crippen LogP contribution in [0.5, 0.6) is 5.75 Å². The fraction of sp³-hybridized carbons (Fsp3) is 0. The van der Waals surface area contributed by atoms with E-state index in [9.17, 15) is 0 Å². The van der Waals surface area contributed by atoms with Crippen LogP contribution in [0, 0.1) is 0 Å². The van der Waals surface area contributed by atoms with Gasteiger partial charge in [0, 0.05) is 6.07 Å². The first-order valence-corrected chi connectivity index (χ1v) is 3.76. The van der Waals surface area contributed by atoms with Crippen molar-refractivity contribution in [3.05, 3.63) is 23.7 Å². The van der Waals surface area contributed by atoms with Gasteiger partial charge in [-0.15, -0.1) is 11.3 Å². The van der Waals surface area contributed by atoms with Gasteiger partial charge in [0.05, 0.1) is 15.7 Å². The molecule has 0 aliphatic heterocycles. The molecule has 0 fully saturated rings. The fourth-order valence-electron chi connectivity index (χ4n) is 0.846. The molecule has 2 rings (SSSR count). The number of aromatic hydroxyl groups is 1. The predicted octanol–water partition coefficient (Wildman–Crippen LogP) is 2.00. The second-order valence-corrected chi connectivity index (χ2v) is 2.89. The monoisotopic (exact) mass is 151 g/mol. The van der Waals surface area contributed by atoms with Gasteiger partial charge in [0.15, 0.2) is 0 Å². The summed E-state index contributed by atoms with van der Waals surface area (Å²) in [6.07, 6.45) is 0. The lowest BCUT2D eigenvalue weighted by atomic mass is 10.3. The van der Waals surface area contributed by atoms with Crippen LogP contribution < -0.4 is 0 Å². The molecule has 0 atom stereocenters. The van der Waals surface area contributed by atoms with Crippen LogP contribution in [0.2, 0.25) is 0 Å². The zero-order valence-electron chi connectivity index (χ0n) is 5.11. The highest BCUT2D eigenvalue weighted by molar-refractivity contribution is 7.16. The molecule has 50 valence electrons. The van der Waals surface area contributed by atoms with E-state index in [1.165, 1.54) is 0 Å². The molecule has 1 N–H and O–H groups in total. The van der Waals surface area contributed by atoms with Crippen molar-refractivity contribution in [2.45, 2.75) is 0 Å². The number of rotatable bonds is 0. The van der Waals surface area contributed by atoms with Crippen molar-refractivity contribution in [2.75, 3.05) is 0 Å². The Morgan fingerprint density at radius 2 is 2.30 bits per heavy atom. The third kappa shape index (κ3) is 0.752. The zero-order chi connectivity index (χ0) is 6.97. The summed E-state index contributed by atoms with van der Waals surface area (Å²) >= 11 is 1.57. The smallest absolute Gasteiger partial charge is 0.117 e. The Labute approximate surface area is 61.8 Å². The van der Waals surface area contributed by atoms with E-state index in [-0.39, 0.29) is 5.75 Å². The van der Waals surface area contributed by atoms with Gasteiger partial charge in [-0.1, -0.05) is 0 Å². The highest BCUT2D eigenvalue weighted by atomic mass is 32.1. The molecule has 10 heavy (non-hydrogen) atoms. The number of thiazole rings is 1. The summed E-state index contributed by atoms with van der Waals surface area (Å²) < 4.78 is 1.11. The van der Waals surface area contributed by atoms with Crippen molar-refractivity contribution in [2.24, 2.45) is 0 Å². The lowest BCUT2D eigenvalue weighted by Gasteiger charge is -1.87. The summed E-state index contributed by atoms with van der Waals surface area (Å²) in [4.78, 5) is 4.04. The highest BCUT2D eigenvalue weighted by Crippen LogP contribution is 2.21. The van der Waals surface area contributed by atoms with Crippen LogP contribution in [0.4, 0.5) is 0 Å². The minimum Gasteiger partial charge on any atom is -0.508 e. The quantitative estimate of drug-likeness (QED) is 0.624. The molecular formula is C7H5NOS. The van der Waals surface area contributed by atoms with Crippen molar-refractivity contribution in [1.82, 2.24) is 4.98 Å². The van der Waals surface area contributed by atoms with Gasteiger partial charge in [0.1, 0.15) is 5.75 Å². The van der Waals surface area contributed by atoms with E-state index in [1.54, 1.807) is 29.0 Å². The molecule has 0 radical (unpaired) electrons. The van der Waals surface area contributed by atoms with Gasteiger partial charge >= 0.3 is 0 Å². The fourth-order valence-corrected chi connectivity index (χ4v) is 1.51. The van der Waals surface area contributed by atoms with Gasteiger partial charge in [-0.2, -0.15) is 0 Å². The van der Waals surface area contributed by atoms with Crippen LogP contribution in [0.25, 0.3) is 10.2 Å². The van der Waals surface area contributed by atoms with E-state index >= 15 is 0 Å². The Kier molecular flexibility index (Phi) is 1.11. The second kappa shape index (κ2) is 1.95. The zero-order valence-corrected chi connectivity index (χ0v) is 5.93. The normalized spacial score (nSPS) is 10.4. The molecule has 0 aliphatic rings. The number of hydrogen-bond donors (Lipinski definition) is 1. The number of phenolic OH excluding ortho intramolecular Hbond substituents is 1. The molecule has 0 saturated carbocycles. The van der Waals surface area contributed by atoms with E-state index in [0.717, 1.165) is 10.2 Å². The molecule has 0 spiro atoms. The van der Waals surface area contributed by atoms with Gasteiger partial charge in [-0.25, -0.2) is 4.98 Å². The Morgan fingerprint density at radius 1 is 1.40 bits per heavy atom. The maximum absolute atomic E-state index is 9.01. The molecule has 0 bridgehead atoms. The lowest BCUT2D eigenvalue weighted by Crippen LogP contribution is -1.65. The first kappa shape index (κ1) is 5.68. The van der Waals surface area contributed by atoms with Crippen molar-refractivity contribution in [3.63, 3.8) is 0 Å². The first-order valence-electron chi connectivity index (χ1n) is 2.88. The summed E-state index contributed by atoms with van der Waals surface area (Å²) in [6.45, 7) is 0. The molecule has 0 unspecified atom stereocenters. The van der Waals surface area contributed by atoms with Crippen molar-refractivity contribution in [3.8, 4) is 5.75 Å². The Bertz CT molecular complexity index is 355. The van der Waals surface area contributed by atoms with E-state index in [4.69, 9.17) is 5.11 Å². The third-order valence-corrected chi connectivity index (χ3v) is 2.12. The van der Waals surface area contributed by atoms with Gasteiger partial charge in [0.25, 0.3) is 0 Å². The summed E-state index contributed by atoms with van der Waals surface area (Å²) in [7, 11) is 0. The van der Waals surface area contributed by atoms with Crippen molar-refractivity contribution < 1.29 is 5.11 Å². The average molecular weight is 151 g/mol. The number of hydrogen-bond acceptors (Lipinski definition) is 3. The predicted molar refractivity (Wildman–Crippen MR) is 41.3 cm³/mol. The van der Waals surface area contributed by atoms with Crippen LogP contribution in [-0.2, 0) is 0 Å².